The number of nitrogens with one attached hydrogen (secondary N) is 1. The maximum absolute atomic E-state index is 12.8. The highest BCUT2D eigenvalue weighted by Gasteiger charge is 2.38. The van der Waals surface area contributed by atoms with Gasteiger partial charge < -0.3 is 10.2 Å². The van der Waals surface area contributed by atoms with Gasteiger partial charge in [-0.15, -0.1) is 0 Å². The molecule has 0 radical (unpaired) electrons. The summed E-state index contributed by atoms with van der Waals surface area (Å²) in [5.74, 6) is -0.304. The van der Waals surface area contributed by atoms with E-state index < -0.39 is 6.04 Å². The lowest BCUT2D eigenvalue weighted by atomic mass is 9.86. The topological polar surface area (TPSA) is 49.4 Å². The van der Waals surface area contributed by atoms with Crippen LogP contribution in [0.5, 0.6) is 0 Å². The van der Waals surface area contributed by atoms with Crippen LogP contribution in [-0.2, 0) is 9.59 Å². The molecule has 1 aliphatic heterocycles. The van der Waals surface area contributed by atoms with Crippen LogP contribution in [-0.4, -0.2) is 24.4 Å². The van der Waals surface area contributed by atoms with E-state index in [1.165, 1.54) is 0 Å². The summed E-state index contributed by atoms with van der Waals surface area (Å²) in [5.41, 5.74) is 0.153. The smallest absolute Gasteiger partial charge is 0.250 e. The van der Waals surface area contributed by atoms with Crippen LogP contribution in [0.4, 0.5) is 5.69 Å². The molecule has 0 saturated carbocycles. The Morgan fingerprint density at radius 3 is 2.52 bits per heavy atom. The summed E-state index contributed by atoms with van der Waals surface area (Å²) in [7, 11) is 0. The third-order valence-corrected chi connectivity index (χ3v) is 4.00. The van der Waals surface area contributed by atoms with E-state index in [-0.39, 0.29) is 30.2 Å². The van der Waals surface area contributed by atoms with Crippen LogP contribution >= 0.6 is 23.2 Å². The van der Waals surface area contributed by atoms with Gasteiger partial charge >= 0.3 is 0 Å². The molecule has 1 aromatic carbocycles. The third-order valence-electron chi connectivity index (χ3n) is 3.45. The highest BCUT2D eigenvalue weighted by atomic mass is 35.5. The van der Waals surface area contributed by atoms with Crippen LogP contribution in [0.3, 0.4) is 0 Å². The second kappa shape index (κ2) is 5.85. The Balaban J connectivity index is 2.45. The first-order valence-electron chi connectivity index (χ1n) is 6.76. The minimum atomic E-state index is -0.595. The van der Waals surface area contributed by atoms with Gasteiger partial charge in [-0.2, -0.15) is 0 Å². The van der Waals surface area contributed by atoms with Crippen LogP contribution in [0.1, 0.15) is 27.2 Å². The zero-order valence-electron chi connectivity index (χ0n) is 12.2. The van der Waals surface area contributed by atoms with Crippen LogP contribution in [0.25, 0.3) is 0 Å². The van der Waals surface area contributed by atoms with Gasteiger partial charge in [0.25, 0.3) is 0 Å². The van der Waals surface area contributed by atoms with E-state index >= 15 is 0 Å². The molecule has 0 aliphatic carbocycles. The predicted molar refractivity (Wildman–Crippen MR) is 84.8 cm³/mol. The van der Waals surface area contributed by atoms with Gasteiger partial charge in [-0.1, -0.05) is 44.0 Å². The average Bonchev–Trinajstić information content (AvgIpc) is 2.52. The van der Waals surface area contributed by atoms with Crippen molar-refractivity contribution in [3.63, 3.8) is 0 Å². The molecule has 2 amide bonds. The quantitative estimate of drug-likeness (QED) is 0.860. The number of carbonyl (C=O) groups excluding carboxylic acids is 2. The molecule has 0 bridgehead atoms. The van der Waals surface area contributed by atoms with Gasteiger partial charge in [0.05, 0.1) is 10.7 Å². The summed E-state index contributed by atoms with van der Waals surface area (Å²) >= 11 is 12.2. The Morgan fingerprint density at radius 1 is 1.24 bits per heavy atom. The average molecular weight is 329 g/mol. The summed E-state index contributed by atoms with van der Waals surface area (Å²) < 4.78 is 0. The molecule has 1 saturated heterocycles. The largest absolute Gasteiger partial charge is 0.344 e. The van der Waals surface area contributed by atoms with Gasteiger partial charge in [-0.25, -0.2) is 0 Å². The number of carbonyl (C=O) groups is 2. The van der Waals surface area contributed by atoms with Gasteiger partial charge in [0.1, 0.15) is 6.04 Å². The number of amides is 2. The maximum atomic E-state index is 12.8. The molecule has 0 spiro atoms. The molecule has 114 valence electrons. The minimum Gasteiger partial charge on any atom is -0.344 e. The summed E-state index contributed by atoms with van der Waals surface area (Å²) in [4.78, 5) is 26.2. The molecule has 1 aliphatic rings. The normalized spacial score (nSPS) is 20.2. The molecule has 1 fully saturated rings. The van der Waals surface area contributed by atoms with Gasteiger partial charge in [0.2, 0.25) is 11.8 Å². The van der Waals surface area contributed by atoms with E-state index in [9.17, 15) is 9.59 Å². The van der Waals surface area contributed by atoms with Gasteiger partial charge in [0.15, 0.2) is 0 Å². The van der Waals surface area contributed by atoms with Crippen LogP contribution in [0, 0.1) is 5.41 Å². The third kappa shape index (κ3) is 3.50. The Labute approximate surface area is 134 Å². The number of nitrogens with zero attached hydrogens (tertiary/aromatic N) is 1. The SMILES string of the molecule is CC(C)(C)C1NC(=O)CCN(c2cc(Cl)ccc2Cl)C1=O. The molecule has 1 aromatic rings. The molecule has 1 heterocycles. The van der Waals surface area contributed by atoms with E-state index in [1.807, 2.05) is 20.8 Å². The van der Waals surface area contributed by atoms with Crippen molar-refractivity contribution in [3.05, 3.63) is 28.2 Å². The standard InChI is InChI=1S/C15H18Cl2N2O2/c1-15(2,3)13-14(21)19(7-6-12(20)18-13)11-8-9(16)4-5-10(11)17/h4-5,8,13H,6-7H2,1-3H3,(H,18,20). The predicted octanol–water partition coefficient (Wildman–Crippen LogP) is 3.26. The van der Waals surface area contributed by atoms with Crippen molar-refractivity contribution < 1.29 is 9.59 Å². The minimum absolute atomic E-state index is 0.135. The fourth-order valence-corrected chi connectivity index (χ4v) is 2.68. The first kappa shape index (κ1) is 16.1. The highest BCUT2D eigenvalue weighted by Crippen LogP contribution is 2.32. The molecule has 4 nitrogen and oxygen atoms in total. The molecule has 1 N–H and O–H groups in total. The summed E-state index contributed by atoms with van der Waals surface area (Å²) in [5, 5.41) is 3.73. The number of hydrogen-bond acceptors (Lipinski definition) is 2. The van der Waals surface area contributed by atoms with Crippen LogP contribution in [0.15, 0.2) is 18.2 Å². The maximum Gasteiger partial charge on any atom is 0.250 e. The summed E-state index contributed by atoms with van der Waals surface area (Å²) in [6.07, 6.45) is 0.237. The van der Waals surface area contributed by atoms with E-state index in [0.29, 0.717) is 15.7 Å². The number of benzene rings is 1. The molecule has 0 aromatic heterocycles. The fraction of sp³-hybridized carbons (Fsp3) is 0.467. The number of hydrogen-bond donors (Lipinski definition) is 1. The van der Waals surface area contributed by atoms with E-state index in [4.69, 9.17) is 23.2 Å². The molecule has 2 rings (SSSR count). The Kier molecular flexibility index (Phi) is 4.49. The van der Waals surface area contributed by atoms with E-state index in [1.54, 1.807) is 23.1 Å². The Morgan fingerprint density at radius 2 is 1.90 bits per heavy atom. The number of halogens is 2. The van der Waals surface area contributed by atoms with Gasteiger partial charge in [-0.3, -0.25) is 9.59 Å². The fourth-order valence-electron chi connectivity index (χ4n) is 2.29. The molecule has 1 atom stereocenters. The van der Waals surface area contributed by atoms with Crippen molar-refractivity contribution >= 4 is 40.7 Å². The second-order valence-corrected chi connectivity index (χ2v) is 7.05. The van der Waals surface area contributed by atoms with Crippen LogP contribution in [0.2, 0.25) is 10.0 Å². The zero-order valence-corrected chi connectivity index (χ0v) is 13.8. The first-order chi connectivity index (χ1) is 9.70. The van der Waals surface area contributed by atoms with Crippen molar-refractivity contribution in [2.24, 2.45) is 5.41 Å². The second-order valence-electron chi connectivity index (χ2n) is 6.20. The van der Waals surface area contributed by atoms with Crippen molar-refractivity contribution in [2.75, 3.05) is 11.4 Å². The van der Waals surface area contributed by atoms with E-state index in [2.05, 4.69) is 5.32 Å². The van der Waals surface area contributed by atoms with Crippen molar-refractivity contribution in [3.8, 4) is 0 Å². The van der Waals surface area contributed by atoms with Crippen molar-refractivity contribution in [1.29, 1.82) is 0 Å². The summed E-state index contributed by atoms with van der Waals surface area (Å²) in [6.45, 7) is 6.04. The Bertz CT molecular complexity index is 582. The molecule has 6 heteroatoms. The highest BCUT2D eigenvalue weighted by molar-refractivity contribution is 6.35. The number of anilines is 1. The van der Waals surface area contributed by atoms with Gasteiger partial charge in [-0.05, 0) is 23.6 Å². The Hall–Kier alpha value is -1.26. The monoisotopic (exact) mass is 328 g/mol. The lowest BCUT2D eigenvalue weighted by Gasteiger charge is -2.32. The molecule has 1 unspecified atom stereocenters. The molecule has 21 heavy (non-hydrogen) atoms. The van der Waals surface area contributed by atoms with Crippen molar-refractivity contribution in [1.82, 2.24) is 5.32 Å². The molecular weight excluding hydrogens is 311 g/mol. The van der Waals surface area contributed by atoms with Gasteiger partial charge in [0, 0.05) is 18.0 Å². The lowest BCUT2D eigenvalue weighted by molar-refractivity contribution is -0.127. The van der Waals surface area contributed by atoms with Crippen molar-refractivity contribution in [2.45, 2.75) is 33.2 Å². The molecular formula is C15H18Cl2N2O2. The van der Waals surface area contributed by atoms with Crippen LogP contribution < -0.4 is 10.2 Å². The van der Waals surface area contributed by atoms with E-state index in [0.717, 1.165) is 0 Å². The first-order valence-corrected chi connectivity index (χ1v) is 7.51. The zero-order chi connectivity index (χ0) is 15.8. The summed E-state index contributed by atoms with van der Waals surface area (Å²) in [6, 6.07) is 4.37. The number of rotatable bonds is 1. The lowest BCUT2D eigenvalue weighted by Crippen LogP contribution is -2.52.